The molecule has 2 unspecified atom stereocenters. The summed E-state index contributed by atoms with van der Waals surface area (Å²) in [4.78, 5) is 2.60. The number of hydrogen-bond donors (Lipinski definition) is 2. The Bertz CT molecular complexity index is 420. The van der Waals surface area contributed by atoms with Crippen LogP contribution < -0.4 is 11.1 Å². The van der Waals surface area contributed by atoms with E-state index in [9.17, 15) is 0 Å². The Labute approximate surface area is 117 Å². The van der Waals surface area contributed by atoms with Gasteiger partial charge in [0.1, 0.15) is 0 Å². The maximum Gasteiger partial charge on any atom is 0.0662 e. The number of hydrogen-bond acceptors (Lipinski definition) is 3. The van der Waals surface area contributed by atoms with Crippen molar-refractivity contribution in [3.63, 3.8) is 0 Å². The number of halogens is 1. The summed E-state index contributed by atoms with van der Waals surface area (Å²) in [5, 5.41) is 3.72. The predicted octanol–water partition coefficient (Wildman–Crippen LogP) is 2.43. The third kappa shape index (κ3) is 2.06. The van der Waals surface area contributed by atoms with E-state index in [1.165, 1.54) is 31.6 Å². The van der Waals surface area contributed by atoms with E-state index in [2.05, 4.69) is 50.4 Å². The fraction of sp³-hybridized carbons (Fsp3) is 0.571. The van der Waals surface area contributed by atoms with Gasteiger partial charge < -0.3 is 11.1 Å². The van der Waals surface area contributed by atoms with Crippen molar-refractivity contribution in [3.8, 4) is 0 Å². The van der Waals surface area contributed by atoms with E-state index in [0.717, 1.165) is 10.9 Å². The number of nitrogens with two attached hydrogens (primary N) is 1. The van der Waals surface area contributed by atoms with Crippen LogP contribution in [0.25, 0.3) is 0 Å². The summed E-state index contributed by atoms with van der Waals surface area (Å²) in [5.41, 5.74) is 7.36. The van der Waals surface area contributed by atoms with E-state index in [4.69, 9.17) is 5.73 Å². The first-order chi connectivity index (χ1) is 8.73. The zero-order valence-corrected chi connectivity index (χ0v) is 12.1. The van der Waals surface area contributed by atoms with Crippen LogP contribution >= 0.6 is 15.9 Å². The molecule has 0 saturated carbocycles. The summed E-state index contributed by atoms with van der Waals surface area (Å²) >= 11 is 3.47. The van der Waals surface area contributed by atoms with Gasteiger partial charge in [-0.05, 0) is 50.1 Å². The van der Waals surface area contributed by atoms with Crippen molar-refractivity contribution >= 4 is 21.6 Å². The summed E-state index contributed by atoms with van der Waals surface area (Å²) in [6.07, 6.45) is 3.75. The van der Waals surface area contributed by atoms with Crippen LogP contribution in [0.3, 0.4) is 0 Å². The Hall–Kier alpha value is -0.580. The van der Waals surface area contributed by atoms with Crippen molar-refractivity contribution in [3.05, 3.63) is 28.7 Å². The Morgan fingerprint density at radius 2 is 2.11 bits per heavy atom. The third-order valence-electron chi connectivity index (χ3n) is 4.45. The molecule has 4 heteroatoms. The largest absolute Gasteiger partial charge is 0.377 e. The van der Waals surface area contributed by atoms with Gasteiger partial charge >= 0.3 is 0 Å². The van der Waals surface area contributed by atoms with Crippen molar-refractivity contribution in [1.82, 2.24) is 4.90 Å². The van der Waals surface area contributed by atoms with Gasteiger partial charge in [-0.25, -0.2) is 0 Å². The number of nitrogens with zero attached hydrogens (tertiary/aromatic N) is 1. The molecule has 3 N–H and O–H groups in total. The average molecular weight is 310 g/mol. The van der Waals surface area contributed by atoms with Gasteiger partial charge in [0, 0.05) is 29.3 Å². The Kier molecular flexibility index (Phi) is 3.34. The second-order valence-corrected chi connectivity index (χ2v) is 6.35. The summed E-state index contributed by atoms with van der Waals surface area (Å²) in [6.45, 7) is 3.14. The van der Waals surface area contributed by atoms with E-state index in [-0.39, 0.29) is 5.54 Å². The molecule has 2 aliphatic rings. The Balaban J connectivity index is 1.82. The van der Waals surface area contributed by atoms with Crippen molar-refractivity contribution in [2.24, 2.45) is 5.73 Å². The number of fused-ring (bicyclic) bond motifs is 1. The minimum Gasteiger partial charge on any atom is -0.377 e. The van der Waals surface area contributed by atoms with E-state index >= 15 is 0 Å². The van der Waals surface area contributed by atoms with Crippen molar-refractivity contribution in [1.29, 1.82) is 0 Å². The van der Waals surface area contributed by atoms with Crippen LogP contribution in [0.15, 0.2) is 28.7 Å². The smallest absolute Gasteiger partial charge is 0.0662 e. The fourth-order valence-electron chi connectivity index (χ4n) is 3.48. The van der Waals surface area contributed by atoms with Crippen LogP contribution in [0.4, 0.5) is 5.69 Å². The Morgan fingerprint density at radius 3 is 2.83 bits per heavy atom. The molecule has 3 nitrogen and oxygen atoms in total. The molecule has 2 aliphatic heterocycles. The molecular weight excluding hydrogens is 290 g/mol. The second-order valence-electron chi connectivity index (χ2n) is 5.44. The van der Waals surface area contributed by atoms with Gasteiger partial charge in [-0.3, -0.25) is 4.90 Å². The molecular formula is C14H20BrN3. The highest BCUT2D eigenvalue weighted by Crippen LogP contribution is 2.37. The maximum atomic E-state index is 6.10. The lowest BCUT2D eigenvalue weighted by atomic mass is 9.88. The lowest BCUT2D eigenvalue weighted by Crippen LogP contribution is -2.53. The zero-order valence-electron chi connectivity index (χ0n) is 10.5. The molecule has 2 heterocycles. The molecule has 1 aromatic rings. The minimum absolute atomic E-state index is 0.0737. The van der Waals surface area contributed by atoms with Gasteiger partial charge in [-0.15, -0.1) is 0 Å². The molecule has 0 amide bonds. The molecule has 2 saturated heterocycles. The highest BCUT2D eigenvalue weighted by Gasteiger charge is 2.48. The first-order valence-electron chi connectivity index (χ1n) is 6.71. The average Bonchev–Trinajstić information content (AvgIpc) is 2.96. The number of benzene rings is 1. The van der Waals surface area contributed by atoms with Crippen molar-refractivity contribution < 1.29 is 0 Å². The second kappa shape index (κ2) is 4.83. The van der Waals surface area contributed by atoms with Gasteiger partial charge in [0.05, 0.1) is 5.54 Å². The topological polar surface area (TPSA) is 41.3 Å². The number of rotatable bonds is 3. The van der Waals surface area contributed by atoms with E-state index in [1.54, 1.807) is 0 Å². The highest BCUT2D eigenvalue weighted by molar-refractivity contribution is 9.10. The molecule has 0 aliphatic carbocycles. The standard InChI is InChI=1S/C14H20BrN3/c15-11-3-5-12(6-4-11)17-14(10-16)7-9-18-8-1-2-13(14)18/h3-6,13,17H,1-2,7-10,16H2. The van der Waals surface area contributed by atoms with Crippen molar-refractivity contribution in [2.75, 3.05) is 25.0 Å². The molecule has 0 spiro atoms. The number of nitrogens with one attached hydrogen (secondary N) is 1. The molecule has 0 radical (unpaired) electrons. The summed E-state index contributed by atoms with van der Waals surface area (Å²) < 4.78 is 1.11. The van der Waals surface area contributed by atoms with Gasteiger partial charge in [0.2, 0.25) is 0 Å². The first-order valence-corrected chi connectivity index (χ1v) is 7.51. The number of anilines is 1. The molecule has 0 bridgehead atoms. The van der Waals surface area contributed by atoms with Crippen LogP contribution in [-0.4, -0.2) is 36.1 Å². The third-order valence-corrected chi connectivity index (χ3v) is 4.98. The van der Waals surface area contributed by atoms with Crippen LogP contribution in [-0.2, 0) is 0 Å². The zero-order chi connectivity index (χ0) is 12.6. The van der Waals surface area contributed by atoms with Crippen LogP contribution in [0.5, 0.6) is 0 Å². The summed E-state index contributed by atoms with van der Waals surface area (Å²) in [5.74, 6) is 0. The lowest BCUT2D eigenvalue weighted by molar-refractivity contribution is 0.280. The highest BCUT2D eigenvalue weighted by atomic mass is 79.9. The maximum absolute atomic E-state index is 6.10. The van der Waals surface area contributed by atoms with Crippen molar-refractivity contribution in [2.45, 2.75) is 30.8 Å². The van der Waals surface area contributed by atoms with Gasteiger partial charge in [0.25, 0.3) is 0 Å². The monoisotopic (exact) mass is 309 g/mol. The van der Waals surface area contributed by atoms with Gasteiger partial charge in [-0.1, -0.05) is 15.9 Å². The van der Waals surface area contributed by atoms with Crippen LogP contribution in [0, 0.1) is 0 Å². The van der Waals surface area contributed by atoms with Crippen LogP contribution in [0.1, 0.15) is 19.3 Å². The predicted molar refractivity (Wildman–Crippen MR) is 78.8 cm³/mol. The first kappa shape index (κ1) is 12.5. The summed E-state index contributed by atoms with van der Waals surface area (Å²) in [6, 6.07) is 9.02. The molecule has 18 heavy (non-hydrogen) atoms. The van der Waals surface area contributed by atoms with Crippen LogP contribution in [0.2, 0.25) is 0 Å². The quantitative estimate of drug-likeness (QED) is 0.901. The minimum atomic E-state index is 0.0737. The molecule has 98 valence electrons. The van der Waals surface area contributed by atoms with Gasteiger partial charge in [-0.2, -0.15) is 0 Å². The van der Waals surface area contributed by atoms with E-state index < -0.39 is 0 Å². The SMILES string of the molecule is NCC1(Nc2ccc(Br)cc2)CCN2CCCC21. The molecule has 2 atom stereocenters. The molecule has 2 fully saturated rings. The van der Waals surface area contributed by atoms with E-state index in [1.807, 2.05) is 0 Å². The Morgan fingerprint density at radius 1 is 1.33 bits per heavy atom. The van der Waals surface area contributed by atoms with E-state index in [0.29, 0.717) is 12.6 Å². The molecule has 1 aromatic carbocycles. The molecule has 3 rings (SSSR count). The normalized spacial score (nSPS) is 31.6. The fourth-order valence-corrected chi connectivity index (χ4v) is 3.75. The van der Waals surface area contributed by atoms with Gasteiger partial charge in [0.15, 0.2) is 0 Å². The lowest BCUT2D eigenvalue weighted by Gasteiger charge is -2.36. The summed E-state index contributed by atoms with van der Waals surface area (Å²) in [7, 11) is 0. The molecule has 0 aromatic heterocycles.